The van der Waals surface area contributed by atoms with Gasteiger partial charge < -0.3 is 10.6 Å². The molecule has 88 valence electrons. The largest absolute Gasteiger partial charge is 0.368 e. The van der Waals surface area contributed by atoms with Gasteiger partial charge in [0, 0.05) is 29.3 Å². The molecular weight excluding hydrogens is 220 g/mol. The summed E-state index contributed by atoms with van der Waals surface area (Å²) in [5.74, 6) is 0.532. The molecule has 1 aromatic rings. The maximum atomic E-state index is 6.09. The summed E-state index contributed by atoms with van der Waals surface area (Å²) >= 11 is 5.90. The standard InChI is InChI=1S/C13H19ClN2/c1-9-10(2)16(8-7-13(9)15)12-5-3-11(14)4-6-12/h3-6,9-10,13H,7-8,15H2,1-2H3. The second-order valence-corrected chi connectivity index (χ2v) is 5.16. The average Bonchev–Trinajstić information content (AvgIpc) is 2.28. The Morgan fingerprint density at radius 3 is 2.50 bits per heavy atom. The first-order valence-corrected chi connectivity index (χ1v) is 6.25. The van der Waals surface area contributed by atoms with Crippen LogP contribution >= 0.6 is 11.6 Å². The molecule has 3 heteroatoms. The number of nitrogens with two attached hydrogens (primary N) is 1. The van der Waals surface area contributed by atoms with Crippen LogP contribution in [0.15, 0.2) is 24.3 Å². The monoisotopic (exact) mass is 238 g/mol. The number of halogens is 1. The maximum absolute atomic E-state index is 6.09. The van der Waals surface area contributed by atoms with Crippen LogP contribution in [0.3, 0.4) is 0 Å². The summed E-state index contributed by atoms with van der Waals surface area (Å²) in [6.07, 6.45) is 1.06. The molecule has 0 spiro atoms. The Bertz CT molecular complexity index is 349. The fraction of sp³-hybridized carbons (Fsp3) is 0.538. The van der Waals surface area contributed by atoms with Gasteiger partial charge in [-0.3, -0.25) is 0 Å². The van der Waals surface area contributed by atoms with E-state index in [0.717, 1.165) is 18.0 Å². The van der Waals surface area contributed by atoms with Crippen LogP contribution in [0.4, 0.5) is 5.69 Å². The van der Waals surface area contributed by atoms with E-state index in [-0.39, 0.29) is 0 Å². The lowest BCUT2D eigenvalue weighted by atomic mass is 9.87. The Morgan fingerprint density at radius 2 is 1.88 bits per heavy atom. The van der Waals surface area contributed by atoms with E-state index in [9.17, 15) is 0 Å². The van der Waals surface area contributed by atoms with Crippen molar-refractivity contribution >= 4 is 17.3 Å². The maximum Gasteiger partial charge on any atom is 0.0407 e. The minimum absolute atomic E-state index is 0.332. The van der Waals surface area contributed by atoms with Crippen LogP contribution < -0.4 is 10.6 Å². The van der Waals surface area contributed by atoms with Gasteiger partial charge in [0.1, 0.15) is 0 Å². The van der Waals surface area contributed by atoms with Gasteiger partial charge in [0.25, 0.3) is 0 Å². The van der Waals surface area contributed by atoms with E-state index < -0.39 is 0 Å². The number of nitrogens with zero attached hydrogens (tertiary/aromatic N) is 1. The van der Waals surface area contributed by atoms with Crippen LogP contribution in [-0.4, -0.2) is 18.6 Å². The van der Waals surface area contributed by atoms with Crippen molar-refractivity contribution in [3.8, 4) is 0 Å². The molecule has 0 aromatic heterocycles. The first-order valence-electron chi connectivity index (χ1n) is 5.87. The quantitative estimate of drug-likeness (QED) is 0.815. The van der Waals surface area contributed by atoms with Crippen molar-refractivity contribution in [3.63, 3.8) is 0 Å². The van der Waals surface area contributed by atoms with E-state index in [2.05, 4.69) is 30.9 Å². The van der Waals surface area contributed by atoms with Crippen LogP contribution in [0.25, 0.3) is 0 Å². The van der Waals surface area contributed by atoms with Gasteiger partial charge in [0.05, 0.1) is 0 Å². The van der Waals surface area contributed by atoms with Crippen molar-refractivity contribution in [2.45, 2.75) is 32.4 Å². The highest BCUT2D eigenvalue weighted by Crippen LogP contribution is 2.28. The third kappa shape index (κ3) is 2.18. The fourth-order valence-electron chi connectivity index (χ4n) is 2.39. The van der Waals surface area contributed by atoms with Crippen molar-refractivity contribution in [1.29, 1.82) is 0 Å². The van der Waals surface area contributed by atoms with E-state index in [1.54, 1.807) is 0 Å². The summed E-state index contributed by atoms with van der Waals surface area (Å²) in [6, 6.07) is 8.89. The van der Waals surface area contributed by atoms with E-state index in [4.69, 9.17) is 17.3 Å². The predicted molar refractivity (Wildman–Crippen MR) is 70.0 cm³/mol. The summed E-state index contributed by atoms with van der Waals surface area (Å²) in [4.78, 5) is 2.42. The molecular formula is C13H19ClN2. The van der Waals surface area contributed by atoms with Crippen LogP contribution in [0, 0.1) is 5.92 Å². The third-order valence-corrected chi connectivity index (χ3v) is 4.04. The molecule has 1 heterocycles. The Kier molecular flexibility index (Phi) is 3.41. The fourth-order valence-corrected chi connectivity index (χ4v) is 2.52. The topological polar surface area (TPSA) is 29.3 Å². The van der Waals surface area contributed by atoms with Crippen molar-refractivity contribution in [2.24, 2.45) is 11.7 Å². The zero-order valence-electron chi connectivity index (χ0n) is 9.86. The molecule has 1 aliphatic rings. The second-order valence-electron chi connectivity index (χ2n) is 4.72. The van der Waals surface area contributed by atoms with Gasteiger partial charge in [-0.05, 0) is 43.5 Å². The SMILES string of the molecule is CC1C(N)CCN(c2ccc(Cl)cc2)C1C. The highest BCUT2D eigenvalue weighted by molar-refractivity contribution is 6.30. The minimum Gasteiger partial charge on any atom is -0.368 e. The van der Waals surface area contributed by atoms with Crippen molar-refractivity contribution < 1.29 is 0 Å². The van der Waals surface area contributed by atoms with Gasteiger partial charge in [0.15, 0.2) is 0 Å². The molecule has 0 radical (unpaired) electrons. The second kappa shape index (κ2) is 4.64. The molecule has 0 amide bonds. The van der Waals surface area contributed by atoms with Crippen LogP contribution in [0.1, 0.15) is 20.3 Å². The van der Waals surface area contributed by atoms with E-state index in [1.807, 2.05) is 12.1 Å². The molecule has 1 saturated heterocycles. The number of piperidine rings is 1. The molecule has 1 aliphatic heterocycles. The lowest BCUT2D eigenvalue weighted by Crippen LogP contribution is -2.51. The molecule has 0 aliphatic carbocycles. The Labute approximate surface area is 102 Å². The van der Waals surface area contributed by atoms with E-state index in [0.29, 0.717) is 18.0 Å². The van der Waals surface area contributed by atoms with Crippen molar-refractivity contribution in [2.75, 3.05) is 11.4 Å². The van der Waals surface area contributed by atoms with Gasteiger partial charge in [-0.25, -0.2) is 0 Å². The Balaban J connectivity index is 2.18. The normalized spacial score (nSPS) is 30.5. The Hall–Kier alpha value is -0.730. The van der Waals surface area contributed by atoms with E-state index >= 15 is 0 Å². The van der Waals surface area contributed by atoms with Crippen LogP contribution in [0.5, 0.6) is 0 Å². The number of anilines is 1. The molecule has 1 fully saturated rings. The zero-order chi connectivity index (χ0) is 11.7. The molecule has 2 nitrogen and oxygen atoms in total. The van der Waals surface area contributed by atoms with Gasteiger partial charge in [-0.2, -0.15) is 0 Å². The smallest absolute Gasteiger partial charge is 0.0407 e. The van der Waals surface area contributed by atoms with Gasteiger partial charge >= 0.3 is 0 Å². The molecule has 0 saturated carbocycles. The van der Waals surface area contributed by atoms with Crippen molar-refractivity contribution in [3.05, 3.63) is 29.3 Å². The molecule has 0 bridgehead atoms. The molecule has 2 N–H and O–H groups in total. The lowest BCUT2D eigenvalue weighted by Gasteiger charge is -2.42. The summed E-state index contributed by atoms with van der Waals surface area (Å²) in [7, 11) is 0. The molecule has 16 heavy (non-hydrogen) atoms. The summed E-state index contributed by atoms with van der Waals surface area (Å²) in [6.45, 7) is 5.52. The molecule has 3 unspecified atom stereocenters. The third-order valence-electron chi connectivity index (χ3n) is 3.79. The van der Waals surface area contributed by atoms with E-state index in [1.165, 1.54) is 5.69 Å². The summed E-state index contributed by atoms with van der Waals surface area (Å²) in [5.41, 5.74) is 7.33. The number of rotatable bonds is 1. The Morgan fingerprint density at radius 1 is 1.25 bits per heavy atom. The minimum atomic E-state index is 0.332. The van der Waals surface area contributed by atoms with Gasteiger partial charge in [-0.15, -0.1) is 0 Å². The predicted octanol–water partition coefficient (Wildman–Crippen LogP) is 2.90. The zero-order valence-corrected chi connectivity index (χ0v) is 10.6. The molecule has 3 atom stereocenters. The summed E-state index contributed by atoms with van der Waals surface area (Å²) in [5, 5.41) is 0.790. The van der Waals surface area contributed by atoms with Crippen molar-refractivity contribution in [1.82, 2.24) is 0 Å². The lowest BCUT2D eigenvalue weighted by molar-refractivity contribution is 0.315. The highest BCUT2D eigenvalue weighted by Gasteiger charge is 2.30. The number of hydrogen-bond donors (Lipinski definition) is 1. The number of hydrogen-bond acceptors (Lipinski definition) is 2. The molecule has 1 aromatic carbocycles. The van der Waals surface area contributed by atoms with Crippen LogP contribution in [-0.2, 0) is 0 Å². The number of benzene rings is 1. The first-order chi connectivity index (χ1) is 7.59. The van der Waals surface area contributed by atoms with Gasteiger partial charge in [0.2, 0.25) is 0 Å². The average molecular weight is 239 g/mol. The van der Waals surface area contributed by atoms with Gasteiger partial charge in [-0.1, -0.05) is 18.5 Å². The highest BCUT2D eigenvalue weighted by atomic mass is 35.5. The first kappa shape index (κ1) is 11.7. The molecule has 2 rings (SSSR count). The van der Waals surface area contributed by atoms with Crippen LogP contribution in [0.2, 0.25) is 5.02 Å². The summed E-state index contributed by atoms with van der Waals surface area (Å²) < 4.78 is 0.